The molecule has 1 aliphatic heterocycles. The summed E-state index contributed by atoms with van der Waals surface area (Å²) in [4.78, 5) is 0. The van der Waals surface area contributed by atoms with Crippen LogP contribution in [0.2, 0.25) is 0 Å². The van der Waals surface area contributed by atoms with Crippen LogP contribution in [0, 0.1) is 6.92 Å². The smallest absolute Gasteiger partial charge is 0.211 e. The SMILES string of the molecule is CCCCCCCCCCCCCCCCC=CCCCc1ccccc1C1=C(CCCC)C(CCCCCC)=C(c2cccc(C)c2)[N+]1=[N-]. The Morgan fingerprint density at radius 3 is 1.64 bits per heavy atom. The molecule has 3 rings (SSSR count). The number of hydrogen-bond acceptors (Lipinski definition) is 0. The molecule has 2 heteroatoms. The lowest BCUT2D eigenvalue weighted by Gasteiger charge is -2.13. The molecular formula is C48H74N2. The molecule has 0 amide bonds. The fourth-order valence-electron chi connectivity index (χ4n) is 7.71. The standard InChI is InChI=1S/C48H74N2/c1-5-8-11-13-14-15-16-17-18-19-20-21-22-23-24-25-26-27-28-34-42-35-30-31-38-44(42)48-46(37-10-7-3)45(39-29-12-9-6-2)47(50(48)49)43-36-32-33-41(4)40-43/h25-26,30-33,35-36,38,40H,5-24,27-29,34,37,39H2,1-4H3. The van der Waals surface area contributed by atoms with E-state index in [0.717, 1.165) is 61.9 Å². The normalized spacial score (nSPS) is 13.5. The highest BCUT2D eigenvalue weighted by molar-refractivity contribution is 5.83. The minimum atomic E-state index is 1.01. The van der Waals surface area contributed by atoms with E-state index < -0.39 is 0 Å². The van der Waals surface area contributed by atoms with Crippen LogP contribution in [-0.2, 0) is 6.42 Å². The molecule has 0 fully saturated rings. The highest BCUT2D eigenvalue weighted by atomic mass is 15.2. The van der Waals surface area contributed by atoms with Crippen molar-refractivity contribution in [1.29, 1.82) is 0 Å². The van der Waals surface area contributed by atoms with Crippen LogP contribution in [0.15, 0.2) is 71.8 Å². The summed E-state index contributed by atoms with van der Waals surface area (Å²) in [7, 11) is 0. The van der Waals surface area contributed by atoms with Crippen molar-refractivity contribution < 1.29 is 4.70 Å². The van der Waals surface area contributed by atoms with Crippen molar-refractivity contribution in [3.63, 3.8) is 0 Å². The van der Waals surface area contributed by atoms with Gasteiger partial charge in [0.15, 0.2) is 0 Å². The Labute approximate surface area is 309 Å². The first-order chi connectivity index (χ1) is 24.6. The van der Waals surface area contributed by atoms with Crippen LogP contribution in [0.4, 0.5) is 0 Å². The number of unbranched alkanes of at least 4 members (excludes halogenated alkanes) is 19. The zero-order valence-corrected chi connectivity index (χ0v) is 33.1. The fraction of sp³-hybridized carbons (Fsp3) is 0.625. The van der Waals surface area contributed by atoms with Gasteiger partial charge in [0.05, 0.1) is 0 Å². The number of nitrogens with zero attached hydrogens (tertiary/aromatic N) is 2. The molecule has 2 nitrogen and oxygen atoms in total. The van der Waals surface area contributed by atoms with Crippen LogP contribution < -0.4 is 0 Å². The molecule has 0 bridgehead atoms. The highest BCUT2D eigenvalue weighted by Gasteiger charge is 2.35. The predicted molar refractivity (Wildman–Crippen MR) is 220 cm³/mol. The van der Waals surface area contributed by atoms with Crippen LogP contribution >= 0.6 is 0 Å². The monoisotopic (exact) mass is 679 g/mol. The molecule has 0 aliphatic carbocycles. The van der Waals surface area contributed by atoms with Gasteiger partial charge in [0.1, 0.15) is 0 Å². The summed E-state index contributed by atoms with van der Waals surface area (Å²) < 4.78 is 1.57. The highest BCUT2D eigenvalue weighted by Crippen LogP contribution is 2.45. The number of benzene rings is 2. The van der Waals surface area contributed by atoms with Gasteiger partial charge >= 0.3 is 0 Å². The Bertz CT molecular complexity index is 1330. The van der Waals surface area contributed by atoms with Gasteiger partial charge in [0, 0.05) is 22.3 Å². The van der Waals surface area contributed by atoms with E-state index in [1.807, 2.05) is 0 Å². The maximum Gasteiger partial charge on any atom is 0.211 e. The third kappa shape index (κ3) is 14.9. The minimum Gasteiger partial charge on any atom is -0.493 e. The van der Waals surface area contributed by atoms with E-state index in [9.17, 15) is 5.53 Å². The molecule has 0 aromatic heterocycles. The summed E-state index contributed by atoms with van der Waals surface area (Å²) >= 11 is 0. The summed E-state index contributed by atoms with van der Waals surface area (Å²) in [6, 6.07) is 17.6. The summed E-state index contributed by atoms with van der Waals surface area (Å²) in [6.07, 6.45) is 38.5. The van der Waals surface area contributed by atoms with Crippen molar-refractivity contribution in [1.82, 2.24) is 0 Å². The minimum absolute atomic E-state index is 1.01. The first-order valence-electron chi connectivity index (χ1n) is 21.4. The largest absolute Gasteiger partial charge is 0.493 e. The van der Waals surface area contributed by atoms with Crippen LogP contribution in [0.25, 0.3) is 16.9 Å². The van der Waals surface area contributed by atoms with Crippen molar-refractivity contribution in [2.24, 2.45) is 0 Å². The van der Waals surface area contributed by atoms with E-state index >= 15 is 0 Å². The Kier molecular flexibility index (Phi) is 21.8. The van der Waals surface area contributed by atoms with E-state index in [1.165, 1.54) is 150 Å². The summed E-state index contributed by atoms with van der Waals surface area (Å²) in [6.45, 7) is 9.01. The number of allylic oxidation sites excluding steroid dienone is 4. The van der Waals surface area contributed by atoms with E-state index in [-0.39, 0.29) is 0 Å². The second kappa shape index (κ2) is 26.1. The van der Waals surface area contributed by atoms with Gasteiger partial charge in [-0.15, -0.1) is 0 Å². The topological polar surface area (TPSA) is 25.3 Å². The van der Waals surface area contributed by atoms with Gasteiger partial charge in [-0.25, -0.2) is 4.70 Å². The maximum absolute atomic E-state index is 12.1. The quantitative estimate of drug-likeness (QED) is 0.0465. The molecule has 0 spiro atoms. The molecule has 0 saturated heterocycles. The van der Waals surface area contributed by atoms with E-state index in [0.29, 0.717) is 0 Å². The molecule has 0 N–H and O–H groups in total. The molecule has 1 heterocycles. The first kappa shape index (κ1) is 41.7. The Morgan fingerprint density at radius 1 is 0.500 bits per heavy atom. The fourth-order valence-corrected chi connectivity index (χ4v) is 7.71. The summed E-state index contributed by atoms with van der Waals surface area (Å²) in [5.74, 6) is 0. The van der Waals surface area contributed by atoms with Gasteiger partial charge < -0.3 is 5.53 Å². The van der Waals surface area contributed by atoms with Crippen molar-refractivity contribution in [3.8, 4) is 0 Å². The number of hydrogen-bond donors (Lipinski definition) is 0. The van der Waals surface area contributed by atoms with Crippen LogP contribution in [-0.4, -0.2) is 4.70 Å². The zero-order valence-electron chi connectivity index (χ0n) is 33.1. The van der Waals surface area contributed by atoms with Gasteiger partial charge in [-0.2, -0.15) is 0 Å². The molecule has 0 saturated carbocycles. The Morgan fingerprint density at radius 2 is 1.02 bits per heavy atom. The van der Waals surface area contributed by atoms with Crippen LogP contribution in [0.3, 0.4) is 0 Å². The summed E-state index contributed by atoms with van der Waals surface area (Å²) in [5.41, 5.74) is 21.7. The second-order valence-electron chi connectivity index (χ2n) is 15.2. The van der Waals surface area contributed by atoms with Gasteiger partial charge in [-0.05, 0) is 88.5 Å². The average molecular weight is 679 g/mol. The lowest BCUT2D eigenvalue weighted by Crippen LogP contribution is -2.05. The molecule has 2 aromatic carbocycles. The molecular weight excluding hydrogens is 605 g/mol. The van der Waals surface area contributed by atoms with E-state index in [2.05, 4.69) is 88.4 Å². The van der Waals surface area contributed by atoms with E-state index in [1.54, 1.807) is 4.70 Å². The third-order valence-corrected chi connectivity index (χ3v) is 10.7. The zero-order chi connectivity index (χ0) is 35.7. The lowest BCUT2D eigenvalue weighted by atomic mass is 9.90. The first-order valence-corrected chi connectivity index (χ1v) is 21.4. The predicted octanol–water partition coefficient (Wildman–Crippen LogP) is 16.1. The molecule has 1 aliphatic rings. The number of aryl methyl sites for hydroxylation is 2. The molecule has 50 heavy (non-hydrogen) atoms. The van der Waals surface area contributed by atoms with Gasteiger partial charge in [-0.1, -0.05) is 178 Å². The van der Waals surface area contributed by atoms with Crippen molar-refractivity contribution in [2.45, 2.75) is 195 Å². The maximum atomic E-state index is 12.1. The van der Waals surface area contributed by atoms with Crippen molar-refractivity contribution >= 4 is 11.4 Å². The van der Waals surface area contributed by atoms with E-state index in [4.69, 9.17) is 0 Å². The third-order valence-electron chi connectivity index (χ3n) is 10.7. The van der Waals surface area contributed by atoms with Crippen molar-refractivity contribution in [3.05, 3.63) is 99.6 Å². The molecule has 2 aromatic rings. The molecule has 0 radical (unpaired) electrons. The van der Waals surface area contributed by atoms with Crippen LogP contribution in [0.5, 0.6) is 0 Å². The van der Waals surface area contributed by atoms with Gasteiger partial charge in [0.25, 0.3) is 0 Å². The van der Waals surface area contributed by atoms with Crippen LogP contribution in [0.1, 0.15) is 204 Å². The molecule has 276 valence electrons. The Balaban J connectivity index is 1.50. The number of rotatable bonds is 29. The Hall–Kier alpha value is -2.74. The van der Waals surface area contributed by atoms with Gasteiger partial charge in [-0.3, -0.25) is 0 Å². The average Bonchev–Trinajstić information content (AvgIpc) is 3.40. The summed E-state index contributed by atoms with van der Waals surface area (Å²) in [5, 5.41) is 0. The van der Waals surface area contributed by atoms with Crippen molar-refractivity contribution in [2.75, 3.05) is 0 Å². The second-order valence-corrected chi connectivity index (χ2v) is 15.2. The molecule has 0 unspecified atom stereocenters. The molecule has 0 atom stereocenters. The lowest BCUT2D eigenvalue weighted by molar-refractivity contribution is -0.345. The van der Waals surface area contributed by atoms with Gasteiger partial charge in [0.2, 0.25) is 11.4 Å².